The summed E-state index contributed by atoms with van der Waals surface area (Å²) in [6.07, 6.45) is 0.729. The molecular weight excluding hydrogens is 290 g/mol. The lowest BCUT2D eigenvalue weighted by molar-refractivity contribution is -0.123. The van der Waals surface area contributed by atoms with E-state index in [0.717, 1.165) is 11.1 Å². The number of hydrogen-bond donors (Lipinski definition) is 3. The lowest BCUT2D eigenvalue weighted by atomic mass is 9.96. The highest BCUT2D eigenvalue weighted by atomic mass is 16.3. The zero-order valence-corrected chi connectivity index (χ0v) is 13.9. The topological polar surface area (TPSA) is 74.2 Å². The number of benzene rings is 1. The Morgan fingerprint density at radius 1 is 1.22 bits per heavy atom. The second-order valence-corrected chi connectivity index (χ2v) is 6.60. The van der Waals surface area contributed by atoms with Crippen LogP contribution in [0.5, 0.6) is 0 Å². The third kappa shape index (κ3) is 4.79. The number of pyridine rings is 1. The van der Waals surface area contributed by atoms with Crippen LogP contribution in [0.15, 0.2) is 42.6 Å². The van der Waals surface area contributed by atoms with Crippen LogP contribution < -0.4 is 10.6 Å². The van der Waals surface area contributed by atoms with Gasteiger partial charge >= 0.3 is 0 Å². The van der Waals surface area contributed by atoms with Crippen LogP contribution in [-0.4, -0.2) is 16.0 Å². The molecule has 5 heteroatoms. The Morgan fingerprint density at radius 3 is 2.52 bits per heavy atom. The maximum absolute atomic E-state index is 11.9. The highest BCUT2D eigenvalue weighted by molar-refractivity contribution is 5.94. The SMILES string of the molecule is Cc1cccc(C(O)Nc2ccc(NC(=O)C(C)(C)C)cn2)c1. The van der Waals surface area contributed by atoms with Gasteiger partial charge in [-0.3, -0.25) is 4.79 Å². The summed E-state index contributed by atoms with van der Waals surface area (Å²) in [7, 11) is 0. The number of nitrogens with one attached hydrogen (secondary N) is 2. The molecule has 1 unspecified atom stereocenters. The van der Waals surface area contributed by atoms with Gasteiger partial charge in [-0.25, -0.2) is 4.98 Å². The summed E-state index contributed by atoms with van der Waals surface area (Å²) in [5, 5.41) is 15.9. The van der Waals surface area contributed by atoms with Crippen LogP contribution in [0.25, 0.3) is 0 Å². The van der Waals surface area contributed by atoms with Crippen LogP contribution in [0.4, 0.5) is 11.5 Å². The van der Waals surface area contributed by atoms with Crippen molar-refractivity contribution < 1.29 is 9.90 Å². The zero-order chi connectivity index (χ0) is 17.0. The summed E-state index contributed by atoms with van der Waals surface area (Å²) < 4.78 is 0. The predicted molar refractivity (Wildman–Crippen MR) is 92.1 cm³/mol. The van der Waals surface area contributed by atoms with E-state index in [2.05, 4.69) is 15.6 Å². The molecule has 5 nitrogen and oxygen atoms in total. The van der Waals surface area contributed by atoms with E-state index in [1.807, 2.05) is 52.0 Å². The number of hydrogen-bond acceptors (Lipinski definition) is 4. The number of aryl methyl sites for hydroxylation is 1. The fraction of sp³-hybridized carbons (Fsp3) is 0.333. The lowest BCUT2D eigenvalue weighted by Crippen LogP contribution is -2.27. The Kier molecular flexibility index (Phi) is 5.01. The van der Waals surface area contributed by atoms with E-state index in [0.29, 0.717) is 11.5 Å². The third-order valence-corrected chi connectivity index (χ3v) is 3.35. The molecule has 0 saturated heterocycles. The fourth-order valence-corrected chi connectivity index (χ4v) is 1.94. The number of aromatic nitrogens is 1. The molecule has 1 heterocycles. The summed E-state index contributed by atoms with van der Waals surface area (Å²) in [6.45, 7) is 7.53. The molecule has 23 heavy (non-hydrogen) atoms. The van der Waals surface area contributed by atoms with Crippen molar-refractivity contribution >= 4 is 17.4 Å². The van der Waals surface area contributed by atoms with Crippen molar-refractivity contribution in [1.29, 1.82) is 0 Å². The van der Waals surface area contributed by atoms with E-state index >= 15 is 0 Å². The van der Waals surface area contributed by atoms with Gasteiger partial charge in [-0.05, 0) is 19.1 Å². The highest BCUT2D eigenvalue weighted by Crippen LogP contribution is 2.20. The molecule has 1 atom stereocenters. The molecule has 1 amide bonds. The number of rotatable bonds is 4. The van der Waals surface area contributed by atoms with E-state index in [9.17, 15) is 9.90 Å². The molecule has 0 bridgehead atoms. The number of aliphatic hydroxyl groups excluding tert-OH is 1. The van der Waals surface area contributed by atoms with Crippen LogP contribution in [0.1, 0.15) is 38.1 Å². The summed E-state index contributed by atoms with van der Waals surface area (Å²) in [5.74, 6) is 0.465. The van der Waals surface area contributed by atoms with Gasteiger partial charge in [0.05, 0.1) is 11.9 Å². The lowest BCUT2D eigenvalue weighted by Gasteiger charge is -2.18. The quantitative estimate of drug-likeness (QED) is 0.756. The average molecular weight is 313 g/mol. The highest BCUT2D eigenvalue weighted by Gasteiger charge is 2.21. The Hall–Kier alpha value is -2.40. The zero-order valence-electron chi connectivity index (χ0n) is 13.9. The second-order valence-electron chi connectivity index (χ2n) is 6.60. The molecule has 1 aromatic heterocycles. The minimum atomic E-state index is -0.836. The van der Waals surface area contributed by atoms with Crippen molar-refractivity contribution in [3.05, 3.63) is 53.7 Å². The first-order valence-corrected chi connectivity index (χ1v) is 7.54. The average Bonchev–Trinajstić information content (AvgIpc) is 2.48. The molecule has 2 aromatic rings. The summed E-state index contributed by atoms with van der Waals surface area (Å²) in [4.78, 5) is 16.1. The third-order valence-electron chi connectivity index (χ3n) is 3.35. The van der Waals surface area contributed by atoms with Crippen LogP contribution in [0.2, 0.25) is 0 Å². The number of amides is 1. The maximum Gasteiger partial charge on any atom is 0.229 e. The molecule has 0 saturated carbocycles. The van der Waals surface area contributed by atoms with Crippen LogP contribution in [0.3, 0.4) is 0 Å². The van der Waals surface area contributed by atoms with E-state index in [4.69, 9.17) is 0 Å². The number of anilines is 2. The van der Waals surface area contributed by atoms with Gasteiger partial charge < -0.3 is 15.7 Å². The first kappa shape index (κ1) is 17.0. The summed E-state index contributed by atoms with van der Waals surface area (Å²) in [6, 6.07) is 11.1. The number of nitrogens with zero attached hydrogens (tertiary/aromatic N) is 1. The standard InChI is InChI=1S/C18H23N3O2/c1-12-6-5-7-13(10-12)16(22)21-15-9-8-14(11-19-15)20-17(23)18(2,3)4/h5-11,16,22H,1-4H3,(H,19,21)(H,20,23). The predicted octanol–water partition coefficient (Wildman–Crippen LogP) is 3.48. The largest absolute Gasteiger partial charge is 0.369 e. The summed E-state index contributed by atoms with van der Waals surface area (Å²) >= 11 is 0. The van der Waals surface area contributed by atoms with E-state index in [-0.39, 0.29) is 5.91 Å². The molecule has 122 valence electrons. The van der Waals surface area contributed by atoms with E-state index < -0.39 is 11.6 Å². The van der Waals surface area contributed by atoms with E-state index in [1.165, 1.54) is 0 Å². The Labute approximate surface area is 136 Å². The van der Waals surface area contributed by atoms with Crippen molar-refractivity contribution in [2.45, 2.75) is 33.9 Å². The summed E-state index contributed by atoms with van der Waals surface area (Å²) in [5.41, 5.74) is 2.02. The first-order valence-electron chi connectivity index (χ1n) is 7.54. The maximum atomic E-state index is 11.9. The van der Waals surface area contributed by atoms with Crippen molar-refractivity contribution in [2.75, 3.05) is 10.6 Å². The minimum Gasteiger partial charge on any atom is -0.369 e. The number of aliphatic hydroxyl groups is 1. The number of carbonyl (C=O) groups excluding carboxylic acids is 1. The van der Waals surface area contributed by atoms with Gasteiger partial charge in [0, 0.05) is 11.0 Å². The van der Waals surface area contributed by atoms with Gasteiger partial charge in [0.25, 0.3) is 0 Å². The van der Waals surface area contributed by atoms with Crippen molar-refractivity contribution in [3.8, 4) is 0 Å². The smallest absolute Gasteiger partial charge is 0.229 e. The Bertz CT molecular complexity index is 675. The molecule has 0 fully saturated rings. The Balaban J connectivity index is 2.01. The Morgan fingerprint density at radius 2 is 1.96 bits per heavy atom. The minimum absolute atomic E-state index is 0.0696. The molecular formula is C18H23N3O2. The van der Waals surface area contributed by atoms with E-state index in [1.54, 1.807) is 18.3 Å². The van der Waals surface area contributed by atoms with Gasteiger partial charge in [0.1, 0.15) is 5.82 Å². The first-order chi connectivity index (χ1) is 10.8. The van der Waals surface area contributed by atoms with Gasteiger partial charge in [-0.15, -0.1) is 0 Å². The molecule has 0 aliphatic carbocycles. The van der Waals surface area contributed by atoms with Gasteiger partial charge in [0.2, 0.25) is 5.91 Å². The molecule has 0 spiro atoms. The van der Waals surface area contributed by atoms with Crippen LogP contribution in [0, 0.1) is 12.3 Å². The molecule has 0 aliphatic heterocycles. The molecule has 3 N–H and O–H groups in total. The molecule has 0 aliphatic rings. The van der Waals surface area contributed by atoms with Crippen molar-refractivity contribution in [1.82, 2.24) is 4.98 Å². The normalized spacial score (nSPS) is 12.6. The monoisotopic (exact) mass is 313 g/mol. The van der Waals surface area contributed by atoms with Crippen LogP contribution >= 0.6 is 0 Å². The van der Waals surface area contributed by atoms with Gasteiger partial charge in [-0.2, -0.15) is 0 Å². The van der Waals surface area contributed by atoms with Gasteiger partial charge in [0.15, 0.2) is 6.23 Å². The van der Waals surface area contributed by atoms with Crippen LogP contribution in [-0.2, 0) is 4.79 Å². The van der Waals surface area contributed by atoms with Crippen molar-refractivity contribution in [3.63, 3.8) is 0 Å². The number of carbonyl (C=O) groups is 1. The van der Waals surface area contributed by atoms with Gasteiger partial charge in [-0.1, -0.05) is 50.6 Å². The molecule has 1 aromatic carbocycles. The molecule has 0 radical (unpaired) electrons. The second kappa shape index (κ2) is 6.79. The fourth-order valence-electron chi connectivity index (χ4n) is 1.94. The molecule has 2 rings (SSSR count). The van der Waals surface area contributed by atoms with Crippen molar-refractivity contribution in [2.24, 2.45) is 5.41 Å².